The van der Waals surface area contributed by atoms with Crippen molar-refractivity contribution in [3.05, 3.63) is 0 Å². The molecule has 1 aliphatic rings. The lowest BCUT2D eigenvalue weighted by Crippen LogP contribution is -2.32. The van der Waals surface area contributed by atoms with Gasteiger partial charge in [-0.3, -0.25) is 0 Å². The van der Waals surface area contributed by atoms with Crippen LogP contribution < -0.4 is 0 Å². The van der Waals surface area contributed by atoms with E-state index in [1.165, 1.54) is 45.2 Å². The molecule has 1 fully saturated rings. The molecule has 0 aromatic heterocycles. The molecule has 0 bridgehead atoms. The molecule has 1 saturated heterocycles. The van der Waals surface area contributed by atoms with Crippen LogP contribution in [0.3, 0.4) is 0 Å². The Morgan fingerprint density at radius 2 is 2.23 bits per heavy atom. The maximum atomic E-state index is 2.49. The second-order valence-electron chi connectivity index (χ2n) is 4.90. The third-order valence-corrected chi connectivity index (χ3v) is 3.24. The predicted molar refractivity (Wildman–Crippen MR) is 58.9 cm³/mol. The van der Waals surface area contributed by atoms with E-state index in [0.29, 0.717) is 0 Å². The van der Waals surface area contributed by atoms with Gasteiger partial charge < -0.3 is 4.90 Å². The van der Waals surface area contributed by atoms with Crippen LogP contribution >= 0.6 is 0 Å². The zero-order chi connectivity index (χ0) is 9.68. The van der Waals surface area contributed by atoms with Gasteiger partial charge in [0.05, 0.1) is 0 Å². The quantitative estimate of drug-likeness (QED) is 0.647. The number of nitrogens with zero attached hydrogens (tertiary/aromatic N) is 1. The molecule has 2 atom stereocenters. The second-order valence-corrected chi connectivity index (χ2v) is 4.90. The van der Waals surface area contributed by atoms with Gasteiger partial charge in [0.25, 0.3) is 0 Å². The van der Waals surface area contributed by atoms with E-state index in [2.05, 4.69) is 25.8 Å². The minimum Gasteiger partial charge on any atom is -0.306 e. The SMILES string of the molecule is CCCC(C)CC1CCCN(C)C1. The summed E-state index contributed by atoms with van der Waals surface area (Å²) in [7, 11) is 2.26. The van der Waals surface area contributed by atoms with Gasteiger partial charge in [-0.1, -0.05) is 26.7 Å². The van der Waals surface area contributed by atoms with E-state index in [-0.39, 0.29) is 0 Å². The van der Waals surface area contributed by atoms with E-state index in [4.69, 9.17) is 0 Å². The summed E-state index contributed by atoms with van der Waals surface area (Å²) in [6.07, 6.45) is 7.11. The molecule has 1 rings (SSSR count). The molecule has 0 saturated carbocycles. The summed E-state index contributed by atoms with van der Waals surface area (Å²) in [6.45, 7) is 7.37. The first-order valence-electron chi connectivity index (χ1n) is 5.91. The average Bonchev–Trinajstić information content (AvgIpc) is 2.04. The van der Waals surface area contributed by atoms with Crippen LogP contribution in [-0.2, 0) is 0 Å². The van der Waals surface area contributed by atoms with Crippen LogP contribution in [0.1, 0.15) is 46.0 Å². The molecule has 1 nitrogen and oxygen atoms in total. The predicted octanol–water partition coefficient (Wildman–Crippen LogP) is 3.15. The number of likely N-dealkylation sites (tertiary alicyclic amines) is 1. The fourth-order valence-electron chi connectivity index (χ4n) is 2.65. The first-order valence-corrected chi connectivity index (χ1v) is 5.91. The van der Waals surface area contributed by atoms with Gasteiger partial charge in [0.15, 0.2) is 0 Å². The lowest BCUT2D eigenvalue weighted by atomic mass is 9.87. The summed E-state index contributed by atoms with van der Waals surface area (Å²) < 4.78 is 0. The highest BCUT2D eigenvalue weighted by atomic mass is 15.1. The first-order chi connectivity index (χ1) is 6.22. The van der Waals surface area contributed by atoms with Crippen molar-refractivity contribution in [3.63, 3.8) is 0 Å². The molecular weight excluding hydrogens is 158 g/mol. The van der Waals surface area contributed by atoms with E-state index in [1.807, 2.05) is 0 Å². The molecule has 0 amide bonds. The maximum absolute atomic E-state index is 2.49. The number of piperidine rings is 1. The smallest absolute Gasteiger partial charge is 0.000671 e. The molecule has 2 unspecified atom stereocenters. The topological polar surface area (TPSA) is 3.24 Å². The highest BCUT2D eigenvalue weighted by molar-refractivity contribution is 4.72. The third kappa shape index (κ3) is 4.12. The lowest BCUT2D eigenvalue weighted by Gasteiger charge is -2.31. The minimum atomic E-state index is 0.946. The van der Waals surface area contributed by atoms with E-state index in [0.717, 1.165) is 11.8 Å². The van der Waals surface area contributed by atoms with Crippen LogP contribution in [0.5, 0.6) is 0 Å². The Morgan fingerprint density at radius 1 is 1.46 bits per heavy atom. The largest absolute Gasteiger partial charge is 0.306 e. The van der Waals surface area contributed by atoms with Gasteiger partial charge in [-0.25, -0.2) is 0 Å². The number of rotatable bonds is 4. The lowest BCUT2D eigenvalue weighted by molar-refractivity contribution is 0.185. The molecular formula is C12H25N. The van der Waals surface area contributed by atoms with Gasteiger partial charge in [0.1, 0.15) is 0 Å². The van der Waals surface area contributed by atoms with Crippen LogP contribution in [0.4, 0.5) is 0 Å². The molecule has 1 aliphatic heterocycles. The van der Waals surface area contributed by atoms with Crippen molar-refractivity contribution in [2.45, 2.75) is 46.0 Å². The molecule has 0 radical (unpaired) electrons. The summed E-state index contributed by atoms with van der Waals surface area (Å²) in [5.41, 5.74) is 0. The Labute approximate surface area is 83.5 Å². The van der Waals surface area contributed by atoms with Crippen LogP contribution in [0.15, 0.2) is 0 Å². The van der Waals surface area contributed by atoms with Crippen LogP contribution in [0, 0.1) is 11.8 Å². The van der Waals surface area contributed by atoms with Gasteiger partial charge in [-0.05, 0) is 44.7 Å². The normalized spacial score (nSPS) is 27.5. The first kappa shape index (κ1) is 11.0. The Bertz CT molecular complexity index is 133. The van der Waals surface area contributed by atoms with Crippen molar-refractivity contribution in [3.8, 4) is 0 Å². The van der Waals surface area contributed by atoms with Gasteiger partial charge in [0.2, 0.25) is 0 Å². The number of hydrogen-bond donors (Lipinski definition) is 0. The average molecular weight is 183 g/mol. The molecule has 0 aliphatic carbocycles. The Hall–Kier alpha value is -0.0400. The van der Waals surface area contributed by atoms with Gasteiger partial charge in [0, 0.05) is 6.54 Å². The fraction of sp³-hybridized carbons (Fsp3) is 1.00. The molecule has 0 aromatic rings. The molecule has 1 heteroatoms. The van der Waals surface area contributed by atoms with Crippen LogP contribution in [0.25, 0.3) is 0 Å². The highest BCUT2D eigenvalue weighted by Crippen LogP contribution is 2.24. The van der Waals surface area contributed by atoms with E-state index in [9.17, 15) is 0 Å². The molecule has 78 valence electrons. The molecule has 0 N–H and O–H groups in total. The van der Waals surface area contributed by atoms with Crippen molar-refractivity contribution in [1.82, 2.24) is 4.90 Å². The number of hydrogen-bond acceptors (Lipinski definition) is 1. The van der Waals surface area contributed by atoms with Crippen molar-refractivity contribution in [2.75, 3.05) is 20.1 Å². The summed E-state index contributed by atoms with van der Waals surface area (Å²) in [6, 6.07) is 0. The zero-order valence-corrected chi connectivity index (χ0v) is 9.55. The summed E-state index contributed by atoms with van der Waals surface area (Å²) in [5, 5.41) is 0. The standard InChI is InChI=1S/C12H25N/c1-4-6-11(2)9-12-7-5-8-13(3)10-12/h11-12H,4-10H2,1-3H3. The van der Waals surface area contributed by atoms with Gasteiger partial charge in [-0.2, -0.15) is 0 Å². The molecule has 0 spiro atoms. The summed E-state index contributed by atoms with van der Waals surface area (Å²) >= 11 is 0. The summed E-state index contributed by atoms with van der Waals surface area (Å²) in [4.78, 5) is 2.49. The van der Waals surface area contributed by atoms with Crippen molar-refractivity contribution < 1.29 is 0 Å². The molecule has 13 heavy (non-hydrogen) atoms. The van der Waals surface area contributed by atoms with Gasteiger partial charge >= 0.3 is 0 Å². The second kappa shape index (κ2) is 5.64. The van der Waals surface area contributed by atoms with E-state index < -0.39 is 0 Å². The van der Waals surface area contributed by atoms with Crippen molar-refractivity contribution in [2.24, 2.45) is 11.8 Å². The summed E-state index contributed by atoms with van der Waals surface area (Å²) in [5.74, 6) is 1.93. The maximum Gasteiger partial charge on any atom is 0.000671 e. The zero-order valence-electron chi connectivity index (χ0n) is 9.55. The Kier molecular flexibility index (Phi) is 4.79. The third-order valence-electron chi connectivity index (χ3n) is 3.24. The van der Waals surface area contributed by atoms with Crippen LogP contribution in [0.2, 0.25) is 0 Å². The minimum absolute atomic E-state index is 0.946. The Balaban J connectivity index is 2.19. The molecule has 1 heterocycles. The van der Waals surface area contributed by atoms with Crippen molar-refractivity contribution >= 4 is 0 Å². The van der Waals surface area contributed by atoms with E-state index in [1.54, 1.807) is 0 Å². The monoisotopic (exact) mass is 183 g/mol. The van der Waals surface area contributed by atoms with Gasteiger partial charge in [-0.15, -0.1) is 0 Å². The fourth-order valence-corrected chi connectivity index (χ4v) is 2.65. The van der Waals surface area contributed by atoms with E-state index >= 15 is 0 Å². The molecule has 0 aromatic carbocycles. The van der Waals surface area contributed by atoms with Crippen LogP contribution in [-0.4, -0.2) is 25.0 Å². The highest BCUT2D eigenvalue weighted by Gasteiger charge is 2.18. The van der Waals surface area contributed by atoms with Crippen molar-refractivity contribution in [1.29, 1.82) is 0 Å². The Morgan fingerprint density at radius 3 is 2.85 bits per heavy atom.